The fourth-order valence-electron chi connectivity index (χ4n) is 3.80. The smallest absolute Gasteiger partial charge is 0.414 e. The highest BCUT2D eigenvalue weighted by molar-refractivity contribution is 5.95. The molecule has 142 valence electrons. The average Bonchev–Trinajstić information content (AvgIpc) is 3.42. The molecule has 1 aliphatic carbocycles. The van der Waals surface area contributed by atoms with Crippen LogP contribution in [-0.4, -0.2) is 35.3 Å². The van der Waals surface area contributed by atoms with Gasteiger partial charge in [-0.3, -0.25) is 14.8 Å². The molecule has 0 spiro atoms. The molecule has 2 heterocycles. The van der Waals surface area contributed by atoms with Gasteiger partial charge in [-0.05, 0) is 37.5 Å². The summed E-state index contributed by atoms with van der Waals surface area (Å²) in [5.41, 5.74) is 2.77. The van der Waals surface area contributed by atoms with Crippen molar-refractivity contribution in [3.8, 4) is 0 Å². The van der Waals surface area contributed by atoms with Gasteiger partial charge in [0.25, 0.3) is 0 Å². The lowest BCUT2D eigenvalue weighted by Crippen LogP contribution is -2.23. The van der Waals surface area contributed by atoms with E-state index in [2.05, 4.69) is 15.5 Å². The number of H-pyrrole nitrogens is 1. The first kappa shape index (κ1) is 17.6. The Hall–Kier alpha value is -2.83. The van der Waals surface area contributed by atoms with Crippen LogP contribution in [-0.2, 0) is 9.53 Å². The van der Waals surface area contributed by atoms with E-state index in [1.807, 2.05) is 37.3 Å². The van der Waals surface area contributed by atoms with Gasteiger partial charge in [-0.25, -0.2) is 4.79 Å². The molecule has 1 aromatic carbocycles. The van der Waals surface area contributed by atoms with Crippen molar-refractivity contribution in [2.45, 2.75) is 44.4 Å². The maximum atomic E-state index is 12.6. The van der Waals surface area contributed by atoms with E-state index in [-0.39, 0.29) is 17.9 Å². The van der Waals surface area contributed by atoms with E-state index in [1.165, 1.54) is 25.7 Å². The monoisotopic (exact) mass is 368 g/mol. The third-order valence-corrected chi connectivity index (χ3v) is 5.50. The van der Waals surface area contributed by atoms with Gasteiger partial charge < -0.3 is 10.1 Å². The maximum Gasteiger partial charge on any atom is 0.414 e. The largest absolute Gasteiger partial charge is 0.447 e. The lowest BCUT2D eigenvalue weighted by atomic mass is 10.00. The third kappa shape index (κ3) is 3.67. The quantitative estimate of drug-likeness (QED) is 0.841. The van der Waals surface area contributed by atoms with Gasteiger partial charge >= 0.3 is 6.09 Å². The normalized spacial score (nSPS) is 18.6. The molecule has 1 saturated carbocycles. The number of rotatable bonds is 5. The minimum Gasteiger partial charge on any atom is -0.447 e. The van der Waals surface area contributed by atoms with Crippen LogP contribution in [0.15, 0.2) is 30.3 Å². The van der Waals surface area contributed by atoms with Gasteiger partial charge in [0.2, 0.25) is 5.91 Å². The summed E-state index contributed by atoms with van der Waals surface area (Å²) in [6.45, 7) is 2.82. The Morgan fingerprint density at radius 3 is 2.70 bits per heavy atom. The third-order valence-electron chi connectivity index (χ3n) is 5.50. The van der Waals surface area contributed by atoms with Crippen LogP contribution in [0.1, 0.15) is 55.7 Å². The molecule has 7 nitrogen and oxygen atoms in total. The van der Waals surface area contributed by atoms with E-state index < -0.39 is 0 Å². The van der Waals surface area contributed by atoms with Crippen LogP contribution in [0.3, 0.4) is 0 Å². The second-order valence-electron chi connectivity index (χ2n) is 7.26. The van der Waals surface area contributed by atoms with Gasteiger partial charge in [-0.2, -0.15) is 5.10 Å². The predicted molar refractivity (Wildman–Crippen MR) is 102 cm³/mol. The second-order valence-corrected chi connectivity index (χ2v) is 7.26. The molecule has 1 unspecified atom stereocenters. The molecule has 2 N–H and O–H groups in total. The van der Waals surface area contributed by atoms with Crippen LogP contribution >= 0.6 is 0 Å². The molecule has 1 aliphatic heterocycles. The van der Waals surface area contributed by atoms with Crippen molar-refractivity contribution in [3.05, 3.63) is 41.6 Å². The lowest BCUT2D eigenvalue weighted by Gasteiger charge is -2.15. The number of cyclic esters (lactones) is 1. The summed E-state index contributed by atoms with van der Waals surface area (Å²) in [5, 5.41) is 10.2. The van der Waals surface area contributed by atoms with E-state index in [0.29, 0.717) is 24.9 Å². The zero-order valence-corrected chi connectivity index (χ0v) is 15.4. The number of nitrogens with zero attached hydrogens (tertiary/aromatic N) is 2. The number of nitrogens with one attached hydrogen (secondary N) is 2. The standard InChI is InChI=1S/C20H24N4O3/c1-13(14-6-8-16(9-7-14)24-10-11-27-20(24)26)19(25)21-18-12-17(22-23-18)15-4-2-3-5-15/h6-9,12-13,15H,2-5,10-11H2,1H3,(H2,21,22,23,25). The van der Waals surface area contributed by atoms with Crippen LogP contribution < -0.4 is 10.2 Å². The molecule has 0 radical (unpaired) electrons. The van der Waals surface area contributed by atoms with Crippen LogP contribution in [0.4, 0.5) is 16.3 Å². The number of ether oxygens (including phenoxy) is 1. The zero-order valence-electron chi connectivity index (χ0n) is 15.4. The summed E-state index contributed by atoms with van der Waals surface area (Å²) in [5.74, 6) is 0.680. The van der Waals surface area contributed by atoms with Gasteiger partial charge in [0.15, 0.2) is 5.82 Å². The fourth-order valence-corrected chi connectivity index (χ4v) is 3.80. The topological polar surface area (TPSA) is 87.3 Å². The second kappa shape index (κ2) is 7.42. The average molecular weight is 368 g/mol. The van der Waals surface area contributed by atoms with Crippen LogP contribution in [0, 0.1) is 0 Å². The van der Waals surface area contributed by atoms with Crippen molar-refractivity contribution < 1.29 is 14.3 Å². The number of anilines is 2. The first-order chi connectivity index (χ1) is 13.1. The van der Waals surface area contributed by atoms with Gasteiger partial charge in [0.1, 0.15) is 6.61 Å². The van der Waals surface area contributed by atoms with E-state index in [9.17, 15) is 9.59 Å². The first-order valence-electron chi connectivity index (χ1n) is 9.52. The van der Waals surface area contributed by atoms with Crippen molar-refractivity contribution in [1.82, 2.24) is 10.2 Å². The first-order valence-corrected chi connectivity index (χ1v) is 9.52. The number of aromatic amines is 1. The number of carbonyl (C=O) groups is 2. The molecule has 27 heavy (non-hydrogen) atoms. The highest BCUT2D eigenvalue weighted by Crippen LogP contribution is 2.33. The minimum absolute atomic E-state index is 0.104. The number of aromatic nitrogens is 2. The lowest BCUT2D eigenvalue weighted by molar-refractivity contribution is -0.117. The molecule has 2 amide bonds. The number of amides is 2. The Balaban J connectivity index is 1.39. The van der Waals surface area contributed by atoms with Crippen molar-refractivity contribution in [2.75, 3.05) is 23.4 Å². The Morgan fingerprint density at radius 1 is 1.30 bits per heavy atom. The van der Waals surface area contributed by atoms with Crippen LogP contribution in [0.25, 0.3) is 0 Å². The van der Waals surface area contributed by atoms with Crippen LogP contribution in [0.2, 0.25) is 0 Å². The van der Waals surface area contributed by atoms with E-state index >= 15 is 0 Å². The summed E-state index contributed by atoms with van der Waals surface area (Å²) >= 11 is 0. The summed E-state index contributed by atoms with van der Waals surface area (Å²) in [6, 6.07) is 9.39. The SMILES string of the molecule is CC(C(=O)Nc1cc(C2CCCC2)[nH]n1)c1ccc(N2CCOC2=O)cc1. The molecule has 4 rings (SSSR count). The Labute approximate surface area is 158 Å². The van der Waals surface area contributed by atoms with Crippen LogP contribution in [0.5, 0.6) is 0 Å². The van der Waals surface area contributed by atoms with Crippen molar-refractivity contribution >= 4 is 23.5 Å². The highest BCUT2D eigenvalue weighted by atomic mass is 16.6. The van der Waals surface area contributed by atoms with E-state index in [1.54, 1.807) is 4.90 Å². The Morgan fingerprint density at radius 2 is 2.04 bits per heavy atom. The van der Waals surface area contributed by atoms with Crippen molar-refractivity contribution in [2.24, 2.45) is 0 Å². The van der Waals surface area contributed by atoms with Crippen molar-refractivity contribution in [1.29, 1.82) is 0 Å². The fraction of sp³-hybridized carbons (Fsp3) is 0.450. The number of carbonyl (C=O) groups excluding carboxylic acids is 2. The molecule has 7 heteroatoms. The van der Waals surface area contributed by atoms with Gasteiger partial charge in [0, 0.05) is 23.4 Å². The Bertz CT molecular complexity index is 824. The molecule has 2 aliphatic rings. The summed E-state index contributed by atoms with van der Waals surface area (Å²) in [7, 11) is 0. The molecular weight excluding hydrogens is 344 g/mol. The number of hydrogen-bond donors (Lipinski definition) is 2. The molecular formula is C20H24N4O3. The minimum atomic E-state index is -0.329. The summed E-state index contributed by atoms with van der Waals surface area (Å²) in [6.07, 6.45) is 4.55. The van der Waals surface area contributed by atoms with Gasteiger partial charge in [0.05, 0.1) is 12.5 Å². The number of hydrogen-bond acceptors (Lipinski definition) is 4. The maximum absolute atomic E-state index is 12.6. The van der Waals surface area contributed by atoms with E-state index in [4.69, 9.17) is 4.74 Å². The molecule has 1 atom stereocenters. The molecule has 2 fully saturated rings. The molecule has 0 bridgehead atoms. The predicted octanol–water partition coefficient (Wildman–Crippen LogP) is 3.77. The molecule has 1 aromatic heterocycles. The van der Waals surface area contributed by atoms with Crippen molar-refractivity contribution in [3.63, 3.8) is 0 Å². The molecule has 1 saturated heterocycles. The summed E-state index contributed by atoms with van der Waals surface area (Å²) < 4.78 is 4.95. The Kier molecular flexibility index (Phi) is 4.83. The number of benzene rings is 1. The highest BCUT2D eigenvalue weighted by Gasteiger charge is 2.24. The van der Waals surface area contributed by atoms with Gasteiger partial charge in [-0.1, -0.05) is 25.0 Å². The zero-order chi connectivity index (χ0) is 18.8. The molecule has 2 aromatic rings. The summed E-state index contributed by atoms with van der Waals surface area (Å²) in [4.78, 5) is 25.8. The van der Waals surface area contributed by atoms with E-state index in [0.717, 1.165) is 16.9 Å². The van der Waals surface area contributed by atoms with Gasteiger partial charge in [-0.15, -0.1) is 0 Å².